The first kappa shape index (κ1) is 12.7. The van der Waals surface area contributed by atoms with Crippen molar-refractivity contribution in [3.05, 3.63) is 36.2 Å². The van der Waals surface area contributed by atoms with E-state index in [9.17, 15) is 0 Å². The van der Waals surface area contributed by atoms with Crippen molar-refractivity contribution in [3.8, 4) is 11.5 Å². The Kier molecular flexibility index (Phi) is 4.95. The van der Waals surface area contributed by atoms with E-state index in [-0.39, 0.29) is 12.4 Å². The van der Waals surface area contributed by atoms with Crippen LogP contribution in [0.1, 0.15) is 12.8 Å². The van der Waals surface area contributed by atoms with Gasteiger partial charge in [-0.3, -0.25) is 0 Å². The Balaban J connectivity index is 0.00000128. The lowest BCUT2D eigenvalue weighted by Crippen LogP contribution is -2.11. The van der Waals surface area contributed by atoms with Crippen molar-refractivity contribution < 1.29 is 4.42 Å². The van der Waals surface area contributed by atoms with Crippen LogP contribution in [0.4, 0.5) is 0 Å². The molecule has 4 nitrogen and oxygen atoms in total. The van der Waals surface area contributed by atoms with Gasteiger partial charge in [0, 0.05) is 5.56 Å². The molecule has 86 valence electrons. The molecule has 16 heavy (non-hydrogen) atoms. The van der Waals surface area contributed by atoms with E-state index in [2.05, 4.69) is 15.5 Å². The molecule has 1 aromatic heterocycles. The molecule has 0 fully saturated rings. The van der Waals surface area contributed by atoms with E-state index in [1.54, 1.807) is 0 Å². The maximum Gasteiger partial charge on any atom is 0.247 e. The summed E-state index contributed by atoms with van der Waals surface area (Å²) in [5, 5.41) is 11.1. The zero-order chi connectivity index (χ0) is 10.5. The van der Waals surface area contributed by atoms with Gasteiger partial charge in [-0.25, -0.2) is 0 Å². The first-order valence-electron chi connectivity index (χ1n) is 4.98. The molecule has 0 aliphatic rings. The Labute approximate surface area is 100 Å². The second-order valence-corrected chi connectivity index (χ2v) is 3.15. The fourth-order valence-electron chi connectivity index (χ4n) is 1.25. The van der Waals surface area contributed by atoms with Gasteiger partial charge in [0.2, 0.25) is 11.8 Å². The van der Waals surface area contributed by atoms with Crippen LogP contribution in [0.3, 0.4) is 0 Å². The molecule has 0 aliphatic heterocycles. The van der Waals surface area contributed by atoms with Gasteiger partial charge in [-0.1, -0.05) is 25.1 Å². The van der Waals surface area contributed by atoms with Crippen LogP contribution in [-0.4, -0.2) is 16.7 Å². The van der Waals surface area contributed by atoms with Crippen LogP contribution in [0.15, 0.2) is 34.7 Å². The molecule has 0 saturated heterocycles. The fourth-order valence-corrected chi connectivity index (χ4v) is 1.25. The molecule has 0 aliphatic carbocycles. The van der Waals surface area contributed by atoms with Crippen molar-refractivity contribution in [1.82, 2.24) is 15.5 Å². The number of benzene rings is 1. The Bertz CT molecular complexity index is 416. The van der Waals surface area contributed by atoms with Crippen molar-refractivity contribution >= 4 is 12.4 Å². The second-order valence-electron chi connectivity index (χ2n) is 3.15. The maximum atomic E-state index is 5.49. The molecule has 2 rings (SSSR count). The molecule has 1 heterocycles. The van der Waals surface area contributed by atoms with Gasteiger partial charge in [-0.2, -0.15) is 0 Å². The number of halogens is 1. The molecule has 0 saturated carbocycles. The van der Waals surface area contributed by atoms with E-state index in [1.165, 1.54) is 0 Å². The first-order chi connectivity index (χ1) is 7.40. The molecular formula is C11H14ClN3O. The summed E-state index contributed by atoms with van der Waals surface area (Å²) in [7, 11) is 0. The minimum absolute atomic E-state index is 0. The van der Waals surface area contributed by atoms with E-state index < -0.39 is 0 Å². The zero-order valence-electron chi connectivity index (χ0n) is 9.01. The van der Waals surface area contributed by atoms with Crippen molar-refractivity contribution in [1.29, 1.82) is 0 Å². The topological polar surface area (TPSA) is 51.0 Å². The van der Waals surface area contributed by atoms with Crippen molar-refractivity contribution in [3.63, 3.8) is 0 Å². The smallest absolute Gasteiger partial charge is 0.247 e. The van der Waals surface area contributed by atoms with Crippen LogP contribution in [0, 0.1) is 0 Å². The van der Waals surface area contributed by atoms with Gasteiger partial charge in [0.15, 0.2) is 0 Å². The van der Waals surface area contributed by atoms with E-state index in [4.69, 9.17) is 4.42 Å². The van der Waals surface area contributed by atoms with Crippen LogP contribution < -0.4 is 5.32 Å². The van der Waals surface area contributed by atoms with Crippen LogP contribution in [-0.2, 0) is 6.54 Å². The lowest BCUT2D eigenvalue weighted by molar-refractivity contribution is 0.482. The minimum atomic E-state index is 0. The van der Waals surface area contributed by atoms with E-state index in [1.807, 2.05) is 37.3 Å². The fraction of sp³-hybridized carbons (Fsp3) is 0.273. The Morgan fingerprint density at radius 1 is 1.19 bits per heavy atom. The van der Waals surface area contributed by atoms with Gasteiger partial charge in [0.1, 0.15) is 0 Å². The molecule has 0 atom stereocenters. The SMILES string of the molecule is CCNCc1nnc(-c2ccccc2)o1.Cl. The first-order valence-corrected chi connectivity index (χ1v) is 4.98. The van der Waals surface area contributed by atoms with Crippen LogP contribution in [0.25, 0.3) is 11.5 Å². The summed E-state index contributed by atoms with van der Waals surface area (Å²) in [6.45, 7) is 3.55. The summed E-state index contributed by atoms with van der Waals surface area (Å²) in [5.74, 6) is 1.19. The third kappa shape index (κ3) is 3.05. The lowest BCUT2D eigenvalue weighted by Gasteiger charge is -1.94. The molecular weight excluding hydrogens is 226 g/mol. The minimum Gasteiger partial charge on any atom is -0.419 e. The molecule has 0 radical (unpaired) electrons. The number of hydrogen-bond acceptors (Lipinski definition) is 4. The normalized spacial score (nSPS) is 9.81. The second kappa shape index (κ2) is 6.25. The summed E-state index contributed by atoms with van der Waals surface area (Å²) in [6, 6.07) is 9.75. The quantitative estimate of drug-likeness (QED) is 0.889. The third-order valence-electron chi connectivity index (χ3n) is 2.01. The number of nitrogens with zero attached hydrogens (tertiary/aromatic N) is 2. The van der Waals surface area contributed by atoms with Gasteiger partial charge in [-0.05, 0) is 18.7 Å². The summed E-state index contributed by atoms with van der Waals surface area (Å²) in [6.07, 6.45) is 0. The Hall–Kier alpha value is -1.39. The van der Waals surface area contributed by atoms with Crippen LogP contribution >= 0.6 is 12.4 Å². The van der Waals surface area contributed by atoms with Gasteiger partial charge in [0.25, 0.3) is 0 Å². The molecule has 1 N–H and O–H groups in total. The standard InChI is InChI=1S/C11H13N3O.ClH/c1-2-12-8-10-13-14-11(15-10)9-6-4-3-5-7-9;/h3-7,12H,2,8H2,1H3;1H. The highest BCUT2D eigenvalue weighted by Crippen LogP contribution is 2.16. The molecule has 0 unspecified atom stereocenters. The predicted octanol–water partition coefficient (Wildman–Crippen LogP) is 2.27. The summed E-state index contributed by atoms with van der Waals surface area (Å²) >= 11 is 0. The molecule has 1 aromatic carbocycles. The average molecular weight is 240 g/mol. The number of hydrogen-bond donors (Lipinski definition) is 1. The highest BCUT2D eigenvalue weighted by molar-refractivity contribution is 5.85. The molecule has 0 bridgehead atoms. The lowest BCUT2D eigenvalue weighted by atomic mass is 10.2. The van der Waals surface area contributed by atoms with Gasteiger partial charge in [0.05, 0.1) is 6.54 Å². The highest BCUT2D eigenvalue weighted by Gasteiger charge is 2.06. The van der Waals surface area contributed by atoms with E-state index in [0.29, 0.717) is 18.3 Å². The van der Waals surface area contributed by atoms with Crippen LogP contribution in [0.5, 0.6) is 0 Å². The van der Waals surface area contributed by atoms with Gasteiger partial charge in [-0.15, -0.1) is 22.6 Å². The highest BCUT2D eigenvalue weighted by atomic mass is 35.5. The van der Waals surface area contributed by atoms with Crippen molar-refractivity contribution in [2.45, 2.75) is 13.5 Å². The van der Waals surface area contributed by atoms with Crippen molar-refractivity contribution in [2.75, 3.05) is 6.54 Å². The summed E-state index contributed by atoms with van der Waals surface area (Å²) in [5.41, 5.74) is 0.952. The largest absolute Gasteiger partial charge is 0.419 e. The van der Waals surface area contributed by atoms with E-state index >= 15 is 0 Å². The predicted molar refractivity (Wildman–Crippen MR) is 64.4 cm³/mol. The third-order valence-corrected chi connectivity index (χ3v) is 2.01. The number of aromatic nitrogens is 2. The summed E-state index contributed by atoms with van der Waals surface area (Å²) in [4.78, 5) is 0. The maximum absolute atomic E-state index is 5.49. The average Bonchev–Trinajstić information content (AvgIpc) is 2.76. The Morgan fingerprint density at radius 2 is 1.94 bits per heavy atom. The number of nitrogens with one attached hydrogen (secondary N) is 1. The van der Waals surface area contributed by atoms with Gasteiger partial charge < -0.3 is 9.73 Å². The molecule has 5 heteroatoms. The van der Waals surface area contributed by atoms with Gasteiger partial charge >= 0.3 is 0 Å². The monoisotopic (exact) mass is 239 g/mol. The molecule has 0 spiro atoms. The number of rotatable bonds is 4. The van der Waals surface area contributed by atoms with E-state index in [0.717, 1.165) is 12.1 Å². The Morgan fingerprint density at radius 3 is 2.62 bits per heavy atom. The van der Waals surface area contributed by atoms with Crippen LogP contribution in [0.2, 0.25) is 0 Å². The molecule has 0 amide bonds. The van der Waals surface area contributed by atoms with Crippen molar-refractivity contribution in [2.24, 2.45) is 0 Å². The summed E-state index contributed by atoms with van der Waals surface area (Å²) < 4.78 is 5.49. The zero-order valence-corrected chi connectivity index (χ0v) is 9.83. The molecule has 2 aromatic rings.